The van der Waals surface area contributed by atoms with Crippen molar-refractivity contribution in [3.05, 3.63) is 0 Å². The van der Waals surface area contributed by atoms with Gasteiger partial charge in [0, 0.05) is 5.92 Å². The van der Waals surface area contributed by atoms with E-state index in [9.17, 15) is 9.50 Å². The Labute approximate surface area is 73.5 Å². The van der Waals surface area contributed by atoms with E-state index in [1.165, 1.54) is 6.92 Å². The van der Waals surface area contributed by atoms with Gasteiger partial charge in [0.2, 0.25) is 0 Å². The topological polar surface area (TPSA) is 29.5 Å². The molecule has 1 heterocycles. The number of hydrogen-bond acceptors (Lipinski definition) is 2. The standard InChI is InChI=1S/C8H14BFO2/c1-4-6(5(2)11)12-7(9)8(4,3)10/h4-7,11H,1-3H3/t4-,5?,6+,7-,8-/m1/s1. The van der Waals surface area contributed by atoms with Crippen molar-refractivity contribution in [3.63, 3.8) is 0 Å². The number of halogens is 1. The minimum Gasteiger partial charge on any atom is -0.391 e. The summed E-state index contributed by atoms with van der Waals surface area (Å²) in [7, 11) is 5.42. The van der Waals surface area contributed by atoms with Gasteiger partial charge in [0.25, 0.3) is 0 Å². The van der Waals surface area contributed by atoms with Gasteiger partial charge in [0.1, 0.15) is 13.5 Å². The highest BCUT2D eigenvalue weighted by molar-refractivity contribution is 6.12. The molecule has 1 unspecified atom stereocenters. The first kappa shape index (κ1) is 10.00. The smallest absolute Gasteiger partial charge is 0.130 e. The fourth-order valence-electron chi connectivity index (χ4n) is 1.53. The number of rotatable bonds is 1. The zero-order chi connectivity index (χ0) is 9.52. The molecule has 1 aliphatic rings. The Kier molecular flexibility index (Phi) is 2.50. The van der Waals surface area contributed by atoms with Crippen LogP contribution in [0.5, 0.6) is 0 Å². The monoisotopic (exact) mass is 172 g/mol. The minimum absolute atomic E-state index is 0.368. The Balaban J connectivity index is 2.76. The maximum atomic E-state index is 13.6. The molecule has 0 aromatic carbocycles. The van der Waals surface area contributed by atoms with E-state index in [1.807, 2.05) is 0 Å². The number of aliphatic hydroxyl groups excluding tert-OH is 1. The van der Waals surface area contributed by atoms with E-state index >= 15 is 0 Å². The van der Waals surface area contributed by atoms with Crippen LogP contribution in [0.3, 0.4) is 0 Å². The Bertz CT molecular complexity index is 172. The molecule has 1 fully saturated rings. The van der Waals surface area contributed by atoms with Crippen LogP contribution in [-0.2, 0) is 4.74 Å². The molecule has 0 aromatic heterocycles. The largest absolute Gasteiger partial charge is 0.391 e. The summed E-state index contributed by atoms with van der Waals surface area (Å²) in [5.74, 6) is -0.368. The number of hydrogen-bond donors (Lipinski definition) is 1. The molecule has 0 saturated carbocycles. The zero-order valence-corrected chi connectivity index (χ0v) is 7.62. The summed E-state index contributed by atoms with van der Waals surface area (Å²) in [6, 6.07) is -0.924. The summed E-state index contributed by atoms with van der Waals surface area (Å²) < 4.78 is 18.8. The van der Waals surface area contributed by atoms with E-state index < -0.39 is 23.9 Å². The fourth-order valence-corrected chi connectivity index (χ4v) is 1.53. The summed E-state index contributed by atoms with van der Waals surface area (Å²) in [4.78, 5) is 0. The van der Waals surface area contributed by atoms with E-state index in [-0.39, 0.29) is 5.92 Å². The number of ether oxygens (including phenoxy) is 1. The van der Waals surface area contributed by atoms with Crippen LogP contribution in [-0.4, -0.2) is 36.8 Å². The number of aliphatic hydroxyl groups is 1. The van der Waals surface area contributed by atoms with E-state index in [4.69, 9.17) is 12.6 Å². The molecule has 1 N–H and O–H groups in total. The van der Waals surface area contributed by atoms with Gasteiger partial charge in [-0.05, 0) is 13.8 Å². The van der Waals surface area contributed by atoms with Gasteiger partial charge in [0.15, 0.2) is 0 Å². The highest BCUT2D eigenvalue weighted by Gasteiger charge is 2.50. The van der Waals surface area contributed by atoms with Crippen molar-refractivity contribution in [2.45, 2.75) is 44.7 Å². The van der Waals surface area contributed by atoms with Crippen LogP contribution in [0.15, 0.2) is 0 Å². The molecule has 0 bridgehead atoms. The SMILES string of the molecule is [B][C@@H]1O[C@H](C(C)O)[C@@H](C)[C@@]1(C)F. The third-order valence-corrected chi connectivity index (χ3v) is 2.72. The summed E-state index contributed by atoms with van der Waals surface area (Å²) in [5.41, 5.74) is -1.54. The van der Waals surface area contributed by atoms with Gasteiger partial charge >= 0.3 is 0 Å². The van der Waals surface area contributed by atoms with Crippen molar-refractivity contribution in [3.8, 4) is 0 Å². The third kappa shape index (κ3) is 1.38. The van der Waals surface area contributed by atoms with Crippen LogP contribution in [0.2, 0.25) is 0 Å². The van der Waals surface area contributed by atoms with Crippen molar-refractivity contribution < 1.29 is 14.2 Å². The van der Waals surface area contributed by atoms with Crippen molar-refractivity contribution >= 4 is 7.85 Å². The molecule has 4 heteroatoms. The van der Waals surface area contributed by atoms with Gasteiger partial charge in [-0.15, -0.1) is 0 Å². The predicted molar refractivity (Wildman–Crippen MR) is 44.8 cm³/mol. The van der Waals surface area contributed by atoms with E-state index in [2.05, 4.69) is 0 Å². The van der Waals surface area contributed by atoms with Crippen molar-refractivity contribution in [2.75, 3.05) is 0 Å². The summed E-state index contributed by atoms with van der Waals surface area (Å²) in [5, 5.41) is 9.23. The van der Waals surface area contributed by atoms with Crippen LogP contribution in [0, 0.1) is 5.92 Å². The van der Waals surface area contributed by atoms with Crippen LogP contribution in [0.4, 0.5) is 4.39 Å². The lowest BCUT2D eigenvalue weighted by molar-refractivity contribution is -0.0179. The lowest BCUT2D eigenvalue weighted by atomic mass is 9.78. The van der Waals surface area contributed by atoms with Gasteiger partial charge in [-0.2, -0.15) is 0 Å². The lowest BCUT2D eigenvalue weighted by Crippen LogP contribution is -2.37. The first-order chi connectivity index (χ1) is 5.37. The molecule has 0 aliphatic carbocycles. The van der Waals surface area contributed by atoms with Gasteiger partial charge in [-0.1, -0.05) is 6.92 Å². The van der Waals surface area contributed by atoms with Crippen LogP contribution in [0.25, 0.3) is 0 Å². The summed E-state index contributed by atoms with van der Waals surface area (Å²) >= 11 is 0. The Hall–Kier alpha value is -0.0851. The average Bonchev–Trinajstić information content (AvgIpc) is 2.13. The molecule has 12 heavy (non-hydrogen) atoms. The molecule has 2 radical (unpaired) electrons. The zero-order valence-electron chi connectivity index (χ0n) is 7.62. The Morgan fingerprint density at radius 2 is 2.17 bits per heavy atom. The maximum absolute atomic E-state index is 13.6. The molecular weight excluding hydrogens is 158 g/mol. The Morgan fingerprint density at radius 1 is 1.67 bits per heavy atom. The van der Waals surface area contributed by atoms with Crippen LogP contribution < -0.4 is 0 Å². The molecule has 0 aromatic rings. The molecule has 2 nitrogen and oxygen atoms in total. The van der Waals surface area contributed by atoms with Crippen LogP contribution in [0.1, 0.15) is 20.8 Å². The maximum Gasteiger partial charge on any atom is 0.130 e. The average molecular weight is 172 g/mol. The second kappa shape index (κ2) is 3.00. The quantitative estimate of drug-likeness (QED) is 0.587. The molecule has 1 aliphatic heterocycles. The van der Waals surface area contributed by atoms with Crippen molar-refractivity contribution in [1.29, 1.82) is 0 Å². The Morgan fingerprint density at radius 3 is 2.33 bits per heavy atom. The van der Waals surface area contributed by atoms with Crippen molar-refractivity contribution in [1.82, 2.24) is 0 Å². The molecule has 0 spiro atoms. The predicted octanol–water partition coefficient (Wildman–Crippen LogP) is 0.625. The van der Waals surface area contributed by atoms with E-state index in [0.29, 0.717) is 0 Å². The molecule has 5 atom stereocenters. The fraction of sp³-hybridized carbons (Fsp3) is 1.00. The van der Waals surface area contributed by atoms with Gasteiger partial charge in [-0.25, -0.2) is 4.39 Å². The molecular formula is C8H14BFO2. The molecule has 1 saturated heterocycles. The second-order valence-electron chi connectivity index (χ2n) is 3.70. The van der Waals surface area contributed by atoms with Crippen molar-refractivity contribution in [2.24, 2.45) is 5.92 Å². The lowest BCUT2D eigenvalue weighted by Gasteiger charge is -2.23. The van der Waals surface area contributed by atoms with Gasteiger partial charge in [-0.3, -0.25) is 0 Å². The summed E-state index contributed by atoms with van der Waals surface area (Å²) in [6.45, 7) is 4.68. The number of alkyl halides is 1. The second-order valence-corrected chi connectivity index (χ2v) is 3.70. The normalized spacial score (nSPS) is 50.9. The first-order valence-electron chi connectivity index (χ1n) is 4.15. The van der Waals surface area contributed by atoms with E-state index in [1.54, 1.807) is 13.8 Å². The summed E-state index contributed by atoms with van der Waals surface area (Å²) in [6.07, 6.45) is -1.17. The highest BCUT2D eigenvalue weighted by Crippen LogP contribution is 2.38. The molecule has 68 valence electrons. The first-order valence-corrected chi connectivity index (χ1v) is 4.15. The third-order valence-electron chi connectivity index (χ3n) is 2.72. The van der Waals surface area contributed by atoms with E-state index in [0.717, 1.165) is 0 Å². The minimum atomic E-state index is -1.54. The van der Waals surface area contributed by atoms with Gasteiger partial charge < -0.3 is 9.84 Å². The molecule has 0 amide bonds. The molecule has 1 rings (SSSR count). The van der Waals surface area contributed by atoms with Gasteiger partial charge in [0.05, 0.1) is 18.2 Å². The van der Waals surface area contributed by atoms with Crippen LogP contribution >= 0.6 is 0 Å². The highest BCUT2D eigenvalue weighted by atomic mass is 19.1.